The zero-order valence-electron chi connectivity index (χ0n) is 17.7. The van der Waals surface area contributed by atoms with Gasteiger partial charge < -0.3 is 4.74 Å². The van der Waals surface area contributed by atoms with E-state index in [9.17, 15) is 9.59 Å². The van der Waals surface area contributed by atoms with Crippen LogP contribution >= 0.6 is 11.3 Å². The van der Waals surface area contributed by atoms with Crippen LogP contribution in [-0.2, 0) is 16.0 Å². The summed E-state index contributed by atoms with van der Waals surface area (Å²) in [7, 11) is 0. The minimum Gasteiger partial charge on any atom is -0.457 e. The minimum absolute atomic E-state index is 0.0351. The molecule has 0 N–H and O–H groups in total. The summed E-state index contributed by atoms with van der Waals surface area (Å²) < 4.78 is 5.25. The van der Waals surface area contributed by atoms with Crippen LogP contribution in [0.5, 0.6) is 0 Å². The quantitative estimate of drug-likeness (QED) is 0.358. The minimum atomic E-state index is -0.462. The summed E-state index contributed by atoms with van der Waals surface area (Å²) in [4.78, 5) is 33.5. The van der Waals surface area contributed by atoms with Gasteiger partial charge in [-0.2, -0.15) is 0 Å². The van der Waals surface area contributed by atoms with E-state index in [1.165, 1.54) is 16.9 Å². The molecule has 0 aliphatic carbocycles. The lowest BCUT2D eigenvalue weighted by molar-refractivity contribution is -0.141. The van der Waals surface area contributed by atoms with E-state index in [-0.39, 0.29) is 24.7 Å². The van der Waals surface area contributed by atoms with Crippen LogP contribution < -0.4 is 0 Å². The Morgan fingerprint density at radius 2 is 1.90 bits per heavy atom. The lowest BCUT2D eigenvalue weighted by atomic mass is 9.90. The molecule has 0 bridgehead atoms. The van der Waals surface area contributed by atoms with Gasteiger partial charge in [-0.3, -0.25) is 14.6 Å². The van der Waals surface area contributed by atoms with Gasteiger partial charge in [-0.05, 0) is 35.1 Å². The fourth-order valence-electron chi connectivity index (χ4n) is 3.10. The molecular formula is C24H26N2O3S. The molecule has 0 atom stereocenters. The van der Waals surface area contributed by atoms with Crippen molar-refractivity contribution < 1.29 is 14.3 Å². The molecular weight excluding hydrogens is 396 g/mol. The third-order valence-corrected chi connectivity index (χ3v) is 5.75. The Bertz CT molecular complexity index is 1030. The molecule has 0 aliphatic heterocycles. The predicted octanol–water partition coefficient (Wildman–Crippen LogP) is 5.42. The highest BCUT2D eigenvalue weighted by atomic mass is 32.1. The highest BCUT2D eigenvalue weighted by Gasteiger charge is 2.18. The normalized spacial score (nSPS) is 11.1. The smallest absolute Gasteiger partial charge is 0.312 e. The number of Topliss-reactive ketones (excluding diaryl/α,β-unsaturated/α-hetero) is 1. The summed E-state index contributed by atoms with van der Waals surface area (Å²) in [6.07, 6.45) is 3.47. The van der Waals surface area contributed by atoms with Crippen molar-refractivity contribution in [2.75, 3.05) is 6.61 Å². The molecule has 30 heavy (non-hydrogen) atoms. The maximum absolute atomic E-state index is 12.7. The average molecular weight is 423 g/mol. The number of benzene rings is 1. The van der Waals surface area contributed by atoms with E-state index in [1.54, 1.807) is 12.4 Å². The van der Waals surface area contributed by atoms with Crippen LogP contribution in [0.25, 0.3) is 10.6 Å². The number of hydrogen-bond acceptors (Lipinski definition) is 6. The van der Waals surface area contributed by atoms with Crippen molar-refractivity contribution in [3.05, 3.63) is 70.5 Å². The van der Waals surface area contributed by atoms with E-state index in [0.717, 1.165) is 16.1 Å². The van der Waals surface area contributed by atoms with Crippen LogP contribution in [0.15, 0.2) is 48.1 Å². The van der Waals surface area contributed by atoms with Gasteiger partial charge in [-0.25, -0.2) is 4.98 Å². The first-order chi connectivity index (χ1) is 14.3. The molecule has 3 rings (SSSR count). The Morgan fingerprint density at radius 1 is 1.10 bits per heavy atom. The van der Waals surface area contributed by atoms with E-state index in [1.807, 2.05) is 29.6 Å². The number of aromatic nitrogens is 2. The van der Waals surface area contributed by atoms with Gasteiger partial charge in [0, 0.05) is 28.9 Å². The highest BCUT2D eigenvalue weighted by Crippen LogP contribution is 2.26. The molecule has 6 heteroatoms. The Kier molecular flexibility index (Phi) is 7.11. The number of ether oxygens (including phenoxy) is 1. The highest BCUT2D eigenvalue weighted by molar-refractivity contribution is 7.13. The molecule has 0 radical (unpaired) electrons. The maximum Gasteiger partial charge on any atom is 0.312 e. The second kappa shape index (κ2) is 9.76. The number of ketones is 1. The predicted molar refractivity (Wildman–Crippen MR) is 119 cm³/mol. The Hall–Kier alpha value is -2.86. The number of thiazole rings is 1. The van der Waals surface area contributed by atoms with Gasteiger partial charge in [0.1, 0.15) is 5.01 Å². The molecule has 5 nitrogen and oxygen atoms in total. The second-order valence-corrected chi connectivity index (χ2v) is 8.66. The van der Waals surface area contributed by atoms with Crippen molar-refractivity contribution in [3.8, 4) is 10.6 Å². The van der Waals surface area contributed by atoms with Crippen molar-refractivity contribution in [2.45, 2.75) is 46.0 Å². The Balaban J connectivity index is 1.61. The van der Waals surface area contributed by atoms with Crippen LogP contribution in [0.3, 0.4) is 0 Å². The number of rotatable bonds is 8. The molecule has 0 amide bonds. The fraction of sp³-hybridized carbons (Fsp3) is 0.333. The summed E-state index contributed by atoms with van der Waals surface area (Å²) in [6, 6.07) is 9.67. The fourth-order valence-corrected chi connectivity index (χ4v) is 3.92. The van der Waals surface area contributed by atoms with Crippen LogP contribution in [0.2, 0.25) is 0 Å². The van der Waals surface area contributed by atoms with E-state index in [4.69, 9.17) is 4.74 Å². The standard InChI is InChI=1S/C24H26N2O3S/c1-15(2)17-7-8-20(21(10-17)16(3)4)22(27)13-29-23(28)11-19-14-30-24(26-19)18-6-5-9-25-12-18/h5-10,12,14-16H,11,13H2,1-4H3. The Morgan fingerprint density at radius 3 is 2.57 bits per heavy atom. The lowest BCUT2D eigenvalue weighted by Gasteiger charge is -2.15. The van der Waals surface area contributed by atoms with Gasteiger partial charge in [-0.15, -0.1) is 11.3 Å². The molecule has 0 aliphatic rings. The van der Waals surface area contributed by atoms with Gasteiger partial charge in [-0.1, -0.05) is 45.9 Å². The zero-order chi connectivity index (χ0) is 21.7. The maximum atomic E-state index is 12.7. The van der Waals surface area contributed by atoms with Gasteiger partial charge in [0.05, 0.1) is 12.1 Å². The van der Waals surface area contributed by atoms with Crippen molar-refractivity contribution >= 4 is 23.1 Å². The second-order valence-electron chi connectivity index (χ2n) is 7.80. The summed E-state index contributed by atoms with van der Waals surface area (Å²) in [6.45, 7) is 8.11. The van der Waals surface area contributed by atoms with Crippen molar-refractivity contribution in [2.24, 2.45) is 0 Å². The van der Waals surface area contributed by atoms with Crippen LogP contribution in [0.1, 0.15) is 66.7 Å². The van der Waals surface area contributed by atoms with Gasteiger partial charge in [0.2, 0.25) is 5.78 Å². The van der Waals surface area contributed by atoms with E-state index < -0.39 is 5.97 Å². The van der Waals surface area contributed by atoms with Gasteiger partial charge >= 0.3 is 5.97 Å². The van der Waals surface area contributed by atoms with Gasteiger partial charge in [0.25, 0.3) is 0 Å². The molecule has 2 aromatic heterocycles. The summed E-state index contributed by atoms with van der Waals surface area (Å²) in [5.74, 6) is -0.0497. The zero-order valence-corrected chi connectivity index (χ0v) is 18.5. The molecule has 3 aromatic rings. The SMILES string of the molecule is CC(C)c1ccc(C(=O)COC(=O)Cc2csc(-c3cccnc3)n2)c(C(C)C)c1. The van der Waals surface area contributed by atoms with Crippen molar-refractivity contribution in [1.29, 1.82) is 0 Å². The molecule has 1 aromatic carbocycles. The van der Waals surface area contributed by atoms with Crippen LogP contribution in [0.4, 0.5) is 0 Å². The average Bonchev–Trinajstić information content (AvgIpc) is 3.20. The number of nitrogens with zero attached hydrogens (tertiary/aromatic N) is 2. The number of hydrogen-bond donors (Lipinski definition) is 0. The first-order valence-electron chi connectivity index (χ1n) is 10.0. The van der Waals surface area contributed by atoms with E-state index in [2.05, 4.69) is 43.7 Å². The summed E-state index contributed by atoms with van der Waals surface area (Å²) in [5, 5.41) is 2.63. The largest absolute Gasteiger partial charge is 0.457 e. The molecule has 0 fully saturated rings. The lowest BCUT2D eigenvalue weighted by Crippen LogP contribution is -2.17. The van der Waals surface area contributed by atoms with Crippen molar-refractivity contribution in [1.82, 2.24) is 9.97 Å². The molecule has 0 spiro atoms. The number of carbonyl (C=O) groups excluding carboxylic acids is 2. The third-order valence-electron chi connectivity index (χ3n) is 4.81. The number of esters is 1. The summed E-state index contributed by atoms with van der Waals surface area (Å²) in [5.41, 5.74) is 4.33. The first-order valence-corrected chi connectivity index (χ1v) is 10.9. The number of pyridine rings is 1. The third kappa shape index (κ3) is 5.39. The van der Waals surface area contributed by atoms with Crippen LogP contribution in [-0.4, -0.2) is 28.3 Å². The van der Waals surface area contributed by atoms with Gasteiger partial charge in [0.15, 0.2) is 6.61 Å². The molecule has 156 valence electrons. The molecule has 0 unspecified atom stereocenters. The Labute approximate surface area is 181 Å². The van der Waals surface area contributed by atoms with Crippen LogP contribution in [0, 0.1) is 0 Å². The van der Waals surface area contributed by atoms with Crippen molar-refractivity contribution in [3.63, 3.8) is 0 Å². The molecule has 2 heterocycles. The molecule has 0 saturated heterocycles. The number of carbonyl (C=O) groups is 2. The van der Waals surface area contributed by atoms with E-state index >= 15 is 0 Å². The summed E-state index contributed by atoms with van der Waals surface area (Å²) >= 11 is 1.45. The monoisotopic (exact) mass is 422 g/mol. The van der Waals surface area contributed by atoms with E-state index in [0.29, 0.717) is 17.2 Å². The first kappa shape index (κ1) is 21.8. The molecule has 0 saturated carbocycles. The topological polar surface area (TPSA) is 69.2 Å².